The summed E-state index contributed by atoms with van der Waals surface area (Å²) in [7, 11) is 0. The van der Waals surface area contributed by atoms with Crippen LogP contribution in [0.3, 0.4) is 0 Å². The molecule has 1 atom stereocenters. The zero-order valence-corrected chi connectivity index (χ0v) is 22.0. The maximum Gasteiger partial charge on any atom is 0.243 e. The van der Waals surface area contributed by atoms with E-state index in [2.05, 4.69) is 5.32 Å². The van der Waals surface area contributed by atoms with Gasteiger partial charge in [-0.05, 0) is 55.7 Å². The van der Waals surface area contributed by atoms with Crippen molar-refractivity contribution in [3.8, 4) is 0 Å². The van der Waals surface area contributed by atoms with Crippen LogP contribution in [0.1, 0.15) is 38.3 Å². The Balaban J connectivity index is 2.18. The molecule has 0 aliphatic rings. The number of benzene rings is 2. The van der Waals surface area contributed by atoms with Crippen molar-refractivity contribution in [3.63, 3.8) is 0 Å². The number of amides is 2. The maximum absolute atomic E-state index is 13.2. The summed E-state index contributed by atoms with van der Waals surface area (Å²) < 4.78 is 0. The van der Waals surface area contributed by atoms with E-state index >= 15 is 0 Å². The van der Waals surface area contributed by atoms with Gasteiger partial charge < -0.3 is 10.2 Å². The Morgan fingerprint density at radius 2 is 1.72 bits per heavy atom. The summed E-state index contributed by atoms with van der Waals surface area (Å²) in [5.41, 5.74) is 1.70. The van der Waals surface area contributed by atoms with Crippen molar-refractivity contribution in [1.82, 2.24) is 10.2 Å². The van der Waals surface area contributed by atoms with E-state index in [-0.39, 0.29) is 30.2 Å². The van der Waals surface area contributed by atoms with Crippen LogP contribution < -0.4 is 5.32 Å². The second-order valence-electron chi connectivity index (χ2n) is 7.59. The molecule has 2 aromatic rings. The van der Waals surface area contributed by atoms with E-state index in [4.69, 9.17) is 46.4 Å². The summed E-state index contributed by atoms with van der Waals surface area (Å²) in [6.07, 6.45) is 0.485. The lowest BCUT2D eigenvalue weighted by molar-refractivity contribution is -0.139. The predicted molar refractivity (Wildman–Crippen MR) is 137 cm³/mol. The molecule has 4 nitrogen and oxygen atoms in total. The lowest BCUT2D eigenvalue weighted by atomic mass is 10.1. The summed E-state index contributed by atoms with van der Waals surface area (Å²) >= 11 is 25.8. The number of carbonyl (C=O) groups excluding carboxylic acids is 2. The number of carbonyl (C=O) groups is 2. The molecule has 1 N–H and O–H groups in total. The average molecular weight is 536 g/mol. The first-order chi connectivity index (χ1) is 15.1. The van der Waals surface area contributed by atoms with E-state index in [0.29, 0.717) is 32.3 Å². The molecule has 0 heterocycles. The molecule has 0 spiro atoms. The standard InChI is InChI=1S/C23H26Cl4N2O2S/c1-4-21(23(31)28-14(2)3)29(11-15-5-8-18(25)20(27)9-15)22(30)13-32-12-16-6-7-17(24)10-19(16)26/h5-10,14,21H,4,11-13H2,1-3H3,(H,28,31)/t21-/m1/s1. The van der Waals surface area contributed by atoms with Gasteiger partial charge in [-0.1, -0.05) is 65.5 Å². The van der Waals surface area contributed by atoms with Crippen LogP contribution in [0.2, 0.25) is 20.1 Å². The van der Waals surface area contributed by atoms with Gasteiger partial charge in [-0.3, -0.25) is 9.59 Å². The van der Waals surface area contributed by atoms with E-state index < -0.39 is 6.04 Å². The van der Waals surface area contributed by atoms with Gasteiger partial charge in [-0.15, -0.1) is 11.8 Å². The fraction of sp³-hybridized carbons (Fsp3) is 0.391. The van der Waals surface area contributed by atoms with Crippen molar-refractivity contribution >= 4 is 70.0 Å². The average Bonchev–Trinajstić information content (AvgIpc) is 2.71. The van der Waals surface area contributed by atoms with E-state index in [9.17, 15) is 9.59 Å². The molecule has 0 saturated heterocycles. The number of hydrogen-bond acceptors (Lipinski definition) is 3. The molecule has 9 heteroatoms. The minimum Gasteiger partial charge on any atom is -0.352 e. The zero-order chi connectivity index (χ0) is 23.8. The maximum atomic E-state index is 13.2. The number of rotatable bonds is 10. The SMILES string of the molecule is CC[C@H](C(=O)NC(C)C)N(Cc1ccc(Cl)c(Cl)c1)C(=O)CSCc1ccc(Cl)cc1Cl. The smallest absolute Gasteiger partial charge is 0.243 e. The third kappa shape index (κ3) is 8.03. The second-order valence-corrected chi connectivity index (χ2v) is 10.2. The predicted octanol–water partition coefficient (Wildman–Crippen LogP) is 6.87. The molecule has 174 valence electrons. The Bertz CT molecular complexity index is 956. The first-order valence-electron chi connectivity index (χ1n) is 10.2. The summed E-state index contributed by atoms with van der Waals surface area (Å²) in [4.78, 5) is 27.7. The normalized spacial score (nSPS) is 12.0. The lowest BCUT2D eigenvalue weighted by Gasteiger charge is -2.31. The van der Waals surface area contributed by atoms with Crippen molar-refractivity contribution < 1.29 is 9.59 Å². The molecule has 0 bridgehead atoms. The quantitative estimate of drug-likeness (QED) is 0.361. The van der Waals surface area contributed by atoms with Crippen LogP contribution in [-0.2, 0) is 21.9 Å². The topological polar surface area (TPSA) is 49.4 Å². The van der Waals surface area contributed by atoms with Crippen LogP contribution in [0.25, 0.3) is 0 Å². The second kappa shape index (κ2) is 13.0. The van der Waals surface area contributed by atoms with Gasteiger partial charge in [0.2, 0.25) is 11.8 Å². The number of hydrogen-bond donors (Lipinski definition) is 1. The van der Waals surface area contributed by atoms with Crippen LogP contribution in [0, 0.1) is 0 Å². The highest BCUT2D eigenvalue weighted by Crippen LogP contribution is 2.26. The van der Waals surface area contributed by atoms with Gasteiger partial charge in [-0.2, -0.15) is 0 Å². The third-order valence-corrected chi connectivity index (χ3v) is 6.94. The highest BCUT2D eigenvalue weighted by atomic mass is 35.5. The van der Waals surface area contributed by atoms with Crippen LogP contribution in [-0.4, -0.2) is 34.6 Å². The third-order valence-electron chi connectivity index (χ3n) is 4.65. The molecule has 0 radical (unpaired) electrons. The molecule has 0 saturated carbocycles. The molecular weight excluding hydrogens is 510 g/mol. The summed E-state index contributed by atoms with van der Waals surface area (Å²) in [5, 5.41) is 4.88. The molecule has 0 aliphatic heterocycles. The van der Waals surface area contributed by atoms with Crippen LogP contribution in [0.15, 0.2) is 36.4 Å². The van der Waals surface area contributed by atoms with Crippen molar-refractivity contribution in [1.29, 1.82) is 0 Å². The van der Waals surface area contributed by atoms with E-state index in [1.54, 1.807) is 29.2 Å². The van der Waals surface area contributed by atoms with Crippen molar-refractivity contribution in [2.45, 2.75) is 51.6 Å². The van der Waals surface area contributed by atoms with Gasteiger partial charge in [0.25, 0.3) is 0 Å². The minimum absolute atomic E-state index is 0.0279. The Labute approximate surface area is 213 Å². The van der Waals surface area contributed by atoms with E-state index in [1.807, 2.05) is 32.9 Å². The van der Waals surface area contributed by atoms with Crippen molar-refractivity contribution in [3.05, 3.63) is 67.6 Å². The fourth-order valence-corrected chi connectivity index (χ4v) is 4.89. The molecular formula is C23H26Cl4N2O2S. The first-order valence-corrected chi connectivity index (χ1v) is 12.8. The lowest BCUT2D eigenvalue weighted by Crippen LogP contribution is -2.50. The minimum atomic E-state index is -0.598. The molecule has 0 aromatic heterocycles. The van der Waals surface area contributed by atoms with Gasteiger partial charge in [0, 0.05) is 28.4 Å². The van der Waals surface area contributed by atoms with Gasteiger partial charge in [0.1, 0.15) is 6.04 Å². The Hall–Kier alpha value is -1.11. The summed E-state index contributed by atoms with van der Waals surface area (Å²) in [6.45, 7) is 5.92. The molecule has 0 fully saturated rings. The molecule has 32 heavy (non-hydrogen) atoms. The molecule has 0 aliphatic carbocycles. The monoisotopic (exact) mass is 534 g/mol. The molecule has 2 rings (SSSR count). The van der Waals surface area contributed by atoms with Crippen LogP contribution in [0.4, 0.5) is 0 Å². The molecule has 0 unspecified atom stereocenters. The fourth-order valence-electron chi connectivity index (χ4n) is 3.10. The molecule has 2 amide bonds. The van der Waals surface area contributed by atoms with Gasteiger partial charge >= 0.3 is 0 Å². The van der Waals surface area contributed by atoms with Crippen LogP contribution >= 0.6 is 58.2 Å². The van der Waals surface area contributed by atoms with Gasteiger partial charge in [-0.25, -0.2) is 0 Å². The molecule has 2 aromatic carbocycles. The van der Waals surface area contributed by atoms with Gasteiger partial charge in [0.05, 0.1) is 15.8 Å². The summed E-state index contributed by atoms with van der Waals surface area (Å²) in [5.74, 6) is 0.432. The van der Waals surface area contributed by atoms with Crippen molar-refractivity contribution in [2.75, 3.05) is 5.75 Å². The van der Waals surface area contributed by atoms with E-state index in [0.717, 1.165) is 11.1 Å². The van der Waals surface area contributed by atoms with Gasteiger partial charge in [0.15, 0.2) is 0 Å². The number of halogens is 4. The largest absolute Gasteiger partial charge is 0.352 e. The van der Waals surface area contributed by atoms with E-state index in [1.165, 1.54) is 11.8 Å². The Morgan fingerprint density at radius 1 is 1.00 bits per heavy atom. The van der Waals surface area contributed by atoms with Crippen LogP contribution in [0.5, 0.6) is 0 Å². The zero-order valence-electron chi connectivity index (χ0n) is 18.1. The first kappa shape index (κ1) is 27.1. The summed E-state index contributed by atoms with van der Waals surface area (Å²) in [6, 6.07) is 9.89. The Kier molecular flexibility index (Phi) is 11.0. The van der Waals surface area contributed by atoms with Crippen molar-refractivity contribution in [2.24, 2.45) is 0 Å². The number of nitrogens with zero attached hydrogens (tertiary/aromatic N) is 1. The number of nitrogens with one attached hydrogen (secondary N) is 1. The number of thioether (sulfide) groups is 1. The highest BCUT2D eigenvalue weighted by Gasteiger charge is 2.29. The Morgan fingerprint density at radius 3 is 2.31 bits per heavy atom. The highest BCUT2D eigenvalue weighted by molar-refractivity contribution is 7.99.